The van der Waals surface area contributed by atoms with Crippen LogP contribution >= 0.6 is 0 Å². The molecule has 0 saturated heterocycles. The number of aryl methyl sites for hydroxylation is 1. The van der Waals surface area contributed by atoms with Crippen molar-refractivity contribution in [1.29, 1.82) is 0 Å². The van der Waals surface area contributed by atoms with Crippen LogP contribution in [0, 0.1) is 0 Å². The second-order valence-electron chi connectivity index (χ2n) is 8.03. The summed E-state index contributed by atoms with van der Waals surface area (Å²) in [6.45, 7) is 8.46. The van der Waals surface area contributed by atoms with Crippen LogP contribution in [0.2, 0.25) is 0 Å². The molecule has 1 rings (SSSR count). The van der Waals surface area contributed by atoms with Crippen molar-refractivity contribution in [2.24, 2.45) is 11.5 Å². The number of alkyl carbamates (subject to hydrolysis) is 1. The van der Waals surface area contributed by atoms with Gasteiger partial charge in [-0.1, -0.05) is 24.3 Å². The van der Waals surface area contributed by atoms with Gasteiger partial charge in [-0.05, 0) is 58.1 Å². The van der Waals surface area contributed by atoms with E-state index in [1.165, 1.54) is 5.56 Å². The van der Waals surface area contributed by atoms with Crippen molar-refractivity contribution in [3.8, 4) is 0 Å². The molecule has 7 heteroatoms. The summed E-state index contributed by atoms with van der Waals surface area (Å²) in [6, 6.07) is 7.95. The maximum atomic E-state index is 11.6. The Kier molecular flexibility index (Phi) is 9.96. The molecular formula is C21H35N3O4. The maximum absolute atomic E-state index is 11.6. The first-order valence-electron chi connectivity index (χ1n) is 9.77. The number of nitrogens with one attached hydrogen (secondary N) is 1. The van der Waals surface area contributed by atoms with Gasteiger partial charge in [0.25, 0.3) is 0 Å². The number of nitrogens with two attached hydrogens (primary N) is 2. The number of rotatable bonds is 11. The normalized spacial score (nSPS) is 13.6. The van der Waals surface area contributed by atoms with Crippen LogP contribution < -0.4 is 16.8 Å². The molecule has 7 nitrogen and oxygen atoms in total. The zero-order valence-electron chi connectivity index (χ0n) is 17.5. The lowest BCUT2D eigenvalue weighted by molar-refractivity contribution is -0.118. The minimum atomic E-state index is -0.481. The third kappa shape index (κ3) is 10.9. The van der Waals surface area contributed by atoms with Crippen LogP contribution in [0.3, 0.4) is 0 Å². The van der Waals surface area contributed by atoms with Crippen molar-refractivity contribution in [2.75, 3.05) is 6.54 Å². The van der Waals surface area contributed by atoms with Gasteiger partial charge in [0.15, 0.2) is 0 Å². The molecule has 0 saturated carbocycles. The number of carbonyl (C=O) groups is 2. The Morgan fingerprint density at radius 2 is 1.75 bits per heavy atom. The molecule has 0 bridgehead atoms. The van der Waals surface area contributed by atoms with Crippen LogP contribution in [-0.4, -0.2) is 36.3 Å². The van der Waals surface area contributed by atoms with Gasteiger partial charge in [0, 0.05) is 19.0 Å². The molecule has 0 aliphatic rings. The molecule has 1 aromatic rings. The number of benzene rings is 1. The summed E-state index contributed by atoms with van der Waals surface area (Å²) in [7, 11) is 0. The Morgan fingerprint density at radius 3 is 2.32 bits per heavy atom. The van der Waals surface area contributed by atoms with Crippen LogP contribution in [0.1, 0.15) is 58.1 Å². The van der Waals surface area contributed by atoms with E-state index >= 15 is 0 Å². The van der Waals surface area contributed by atoms with Crippen LogP contribution in [0.25, 0.3) is 0 Å². The first-order valence-corrected chi connectivity index (χ1v) is 9.77. The van der Waals surface area contributed by atoms with Gasteiger partial charge in [0.1, 0.15) is 5.60 Å². The average molecular weight is 394 g/mol. The summed E-state index contributed by atoms with van der Waals surface area (Å²) in [5, 5.41) is 2.76. The first-order chi connectivity index (χ1) is 13.1. The summed E-state index contributed by atoms with van der Waals surface area (Å²) in [6.07, 6.45) is 1.95. The number of primary amides is 1. The van der Waals surface area contributed by atoms with Crippen molar-refractivity contribution in [3.05, 3.63) is 35.4 Å². The molecule has 1 aromatic carbocycles. The summed E-state index contributed by atoms with van der Waals surface area (Å²) >= 11 is 0. The molecule has 0 aliphatic heterocycles. The SMILES string of the molecule is CC(OCc1ccc(CCCNC(=O)OC(C)(C)C)cc1)C(N)CCC(N)=O. The fourth-order valence-electron chi connectivity index (χ4n) is 2.49. The van der Waals surface area contributed by atoms with E-state index in [2.05, 4.69) is 17.4 Å². The monoisotopic (exact) mass is 393 g/mol. The van der Waals surface area contributed by atoms with E-state index in [1.807, 2.05) is 39.8 Å². The topological polar surface area (TPSA) is 117 Å². The number of hydrogen-bond acceptors (Lipinski definition) is 5. The van der Waals surface area contributed by atoms with E-state index in [-0.39, 0.29) is 30.6 Å². The second-order valence-corrected chi connectivity index (χ2v) is 8.03. The van der Waals surface area contributed by atoms with E-state index in [0.29, 0.717) is 19.6 Å². The molecule has 158 valence electrons. The highest BCUT2D eigenvalue weighted by molar-refractivity contribution is 5.73. The van der Waals surface area contributed by atoms with Crippen LogP contribution in [-0.2, 0) is 27.3 Å². The Balaban J connectivity index is 2.28. The minimum absolute atomic E-state index is 0.155. The van der Waals surface area contributed by atoms with Gasteiger partial charge in [-0.2, -0.15) is 0 Å². The summed E-state index contributed by atoms with van der Waals surface area (Å²) in [5.41, 5.74) is 12.9. The minimum Gasteiger partial charge on any atom is -0.444 e. The second kappa shape index (κ2) is 11.7. The van der Waals surface area contributed by atoms with Crippen molar-refractivity contribution in [3.63, 3.8) is 0 Å². The molecule has 28 heavy (non-hydrogen) atoms. The molecule has 0 fully saturated rings. The summed E-state index contributed by atoms with van der Waals surface area (Å²) < 4.78 is 11.0. The molecule has 0 heterocycles. The quantitative estimate of drug-likeness (QED) is 0.500. The largest absolute Gasteiger partial charge is 0.444 e. The summed E-state index contributed by atoms with van der Waals surface area (Å²) in [4.78, 5) is 22.4. The third-order valence-electron chi connectivity index (χ3n) is 4.17. The molecule has 0 aliphatic carbocycles. The van der Waals surface area contributed by atoms with Gasteiger partial charge in [0.2, 0.25) is 5.91 Å². The lowest BCUT2D eigenvalue weighted by Gasteiger charge is -2.20. The Hall–Kier alpha value is -2.12. The average Bonchev–Trinajstić information content (AvgIpc) is 2.60. The number of ether oxygens (including phenoxy) is 2. The van der Waals surface area contributed by atoms with Crippen LogP contribution in [0.15, 0.2) is 24.3 Å². The van der Waals surface area contributed by atoms with Crippen molar-refractivity contribution >= 4 is 12.0 Å². The fourth-order valence-corrected chi connectivity index (χ4v) is 2.49. The number of hydrogen-bond donors (Lipinski definition) is 3. The highest BCUT2D eigenvalue weighted by atomic mass is 16.6. The molecule has 5 N–H and O–H groups in total. The lowest BCUT2D eigenvalue weighted by Crippen LogP contribution is -2.35. The molecule has 0 radical (unpaired) electrons. The number of amides is 2. The fraction of sp³-hybridized carbons (Fsp3) is 0.619. The van der Waals surface area contributed by atoms with E-state index in [4.69, 9.17) is 20.9 Å². The molecule has 2 unspecified atom stereocenters. The zero-order chi connectivity index (χ0) is 21.2. The van der Waals surface area contributed by atoms with E-state index < -0.39 is 5.60 Å². The van der Waals surface area contributed by atoms with Gasteiger partial charge < -0.3 is 26.3 Å². The standard InChI is InChI=1S/C21H35N3O4/c1-15(18(22)11-12-19(23)25)27-14-17-9-7-16(8-10-17)6-5-13-24-20(26)28-21(2,3)4/h7-10,15,18H,5-6,11-14,22H2,1-4H3,(H2,23,25)(H,24,26). The highest BCUT2D eigenvalue weighted by Crippen LogP contribution is 2.11. The Labute approximate surface area is 168 Å². The molecule has 0 aromatic heterocycles. The van der Waals surface area contributed by atoms with Gasteiger partial charge >= 0.3 is 6.09 Å². The zero-order valence-corrected chi connectivity index (χ0v) is 17.5. The van der Waals surface area contributed by atoms with Crippen LogP contribution in [0.5, 0.6) is 0 Å². The first kappa shape index (κ1) is 23.9. The van der Waals surface area contributed by atoms with Gasteiger partial charge in [-0.15, -0.1) is 0 Å². The molecule has 2 amide bonds. The van der Waals surface area contributed by atoms with Crippen molar-refractivity contribution in [2.45, 2.75) is 77.7 Å². The predicted octanol–water partition coefficient (Wildman–Crippen LogP) is 2.64. The third-order valence-corrected chi connectivity index (χ3v) is 4.17. The van der Waals surface area contributed by atoms with Gasteiger partial charge in [-0.3, -0.25) is 4.79 Å². The van der Waals surface area contributed by atoms with Crippen molar-refractivity contribution in [1.82, 2.24) is 5.32 Å². The van der Waals surface area contributed by atoms with Gasteiger partial charge in [-0.25, -0.2) is 4.79 Å². The van der Waals surface area contributed by atoms with Crippen LogP contribution in [0.4, 0.5) is 4.79 Å². The van der Waals surface area contributed by atoms with Crippen molar-refractivity contribution < 1.29 is 19.1 Å². The molecule has 2 atom stereocenters. The Morgan fingerprint density at radius 1 is 1.14 bits per heavy atom. The molecule has 0 spiro atoms. The summed E-state index contributed by atoms with van der Waals surface area (Å²) in [5.74, 6) is -0.348. The highest BCUT2D eigenvalue weighted by Gasteiger charge is 2.15. The lowest BCUT2D eigenvalue weighted by atomic mass is 10.1. The number of carbonyl (C=O) groups excluding carboxylic acids is 2. The predicted molar refractivity (Wildman–Crippen MR) is 110 cm³/mol. The maximum Gasteiger partial charge on any atom is 0.407 e. The van der Waals surface area contributed by atoms with E-state index in [1.54, 1.807) is 0 Å². The smallest absolute Gasteiger partial charge is 0.407 e. The molecular weight excluding hydrogens is 358 g/mol. The van der Waals surface area contributed by atoms with Gasteiger partial charge in [0.05, 0.1) is 12.7 Å². The Bertz CT molecular complexity index is 611. The van der Waals surface area contributed by atoms with E-state index in [0.717, 1.165) is 18.4 Å². The van der Waals surface area contributed by atoms with E-state index in [9.17, 15) is 9.59 Å².